The van der Waals surface area contributed by atoms with Gasteiger partial charge in [0.05, 0.1) is 37.0 Å². The van der Waals surface area contributed by atoms with E-state index in [0.717, 1.165) is 66.7 Å². The summed E-state index contributed by atoms with van der Waals surface area (Å²) in [7, 11) is 3.26. The van der Waals surface area contributed by atoms with Crippen LogP contribution >= 0.6 is 0 Å². The molecule has 2 N–H and O–H groups in total. The van der Waals surface area contributed by atoms with Crippen LogP contribution in [0.5, 0.6) is 11.5 Å². The van der Waals surface area contributed by atoms with Crippen molar-refractivity contribution in [2.75, 3.05) is 56.7 Å². The zero-order valence-electron chi connectivity index (χ0n) is 30.8. The summed E-state index contributed by atoms with van der Waals surface area (Å²) in [6.45, 7) is 11.2. The Morgan fingerprint density at radius 2 is 1.06 bits per heavy atom. The number of methoxy groups -OCH3 is 2. The number of anilines is 2. The minimum Gasteiger partial charge on any atom is -0.497 e. The molecule has 6 heterocycles. The van der Waals surface area contributed by atoms with Gasteiger partial charge in [0.15, 0.2) is 0 Å². The van der Waals surface area contributed by atoms with Crippen molar-refractivity contribution in [2.24, 2.45) is 0 Å². The molecule has 4 aromatic heterocycles. The molecule has 12 heteroatoms. The maximum Gasteiger partial charge on any atom is 0.258 e. The Morgan fingerprint density at radius 3 is 1.51 bits per heavy atom. The summed E-state index contributed by atoms with van der Waals surface area (Å²) in [6, 6.07) is 27.5. The molecule has 12 nitrogen and oxygen atoms in total. The van der Waals surface area contributed by atoms with E-state index >= 15 is 0 Å². The molecule has 53 heavy (non-hydrogen) atoms. The van der Waals surface area contributed by atoms with Gasteiger partial charge in [0.2, 0.25) is 0 Å². The average molecular weight is 715 g/mol. The molecule has 0 amide bonds. The standard InChI is InChI=1S/C21H24N4O2.C20H22N4O2/c1-14-11-24(12-15(2)22-14)17-6-9-20-23-19(10-21(26)25(20)13-17)16-4-7-18(27-3)8-5-16;1-14-12-23(10-9-21-14)16-5-8-19-22-18(11-20(25)24(19)13-16)15-3-6-17(26-2)7-4-15/h4-10,13-15,22H,11-12H2,1-3H3;3-8,11,13-14,21H,9-10,12H2,1-2H3/t14-,15+;14-/m.1/s1. The maximum absolute atomic E-state index is 12.7. The summed E-state index contributed by atoms with van der Waals surface area (Å²) < 4.78 is 13.6. The lowest BCUT2D eigenvalue weighted by atomic mass is 10.1. The van der Waals surface area contributed by atoms with E-state index in [1.165, 1.54) is 0 Å². The second kappa shape index (κ2) is 15.5. The predicted octanol–water partition coefficient (Wildman–Crippen LogP) is 4.72. The van der Waals surface area contributed by atoms with Crippen LogP contribution in [0, 0.1) is 0 Å². The number of aromatic nitrogens is 4. The molecule has 274 valence electrons. The largest absolute Gasteiger partial charge is 0.497 e. The number of ether oxygens (including phenoxy) is 2. The van der Waals surface area contributed by atoms with Gasteiger partial charge in [-0.1, -0.05) is 0 Å². The van der Waals surface area contributed by atoms with Crippen LogP contribution in [0.15, 0.2) is 107 Å². The molecule has 0 unspecified atom stereocenters. The lowest BCUT2D eigenvalue weighted by Gasteiger charge is -2.37. The molecule has 0 saturated carbocycles. The highest BCUT2D eigenvalue weighted by Gasteiger charge is 2.22. The van der Waals surface area contributed by atoms with Crippen LogP contribution in [0.2, 0.25) is 0 Å². The Hall–Kier alpha value is -5.72. The first-order valence-electron chi connectivity index (χ1n) is 18.0. The van der Waals surface area contributed by atoms with E-state index in [9.17, 15) is 9.59 Å². The van der Waals surface area contributed by atoms with E-state index in [2.05, 4.69) is 51.2 Å². The smallest absolute Gasteiger partial charge is 0.258 e. The van der Waals surface area contributed by atoms with E-state index in [1.54, 1.807) is 35.2 Å². The molecule has 2 saturated heterocycles. The molecule has 0 bridgehead atoms. The molecule has 2 aromatic carbocycles. The second-order valence-corrected chi connectivity index (χ2v) is 13.8. The van der Waals surface area contributed by atoms with Crippen molar-refractivity contribution in [2.45, 2.75) is 38.9 Å². The Bertz CT molecular complexity index is 2310. The summed E-state index contributed by atoms with van der Waals surface area (Å²) in [4.78, 5) is 39.3. The Labute approximate surface area is 308 Å². The van der Waals surface area contributed by atoms with Crippen molar-refractivity contribution < 1.29 is 9.47 Å². The van der Waals surface area contributed by atoms with Crippen LogP contribution in [-0.4, -0.2) is 83.8 Å². The fraction of sp³-hybridized carbons (Fsp3) is 0.317. The maximum atomic E-state index is 12.7. The molecule has 0 aliphatic carbocycles. The summed E-state index contributed by atoms with van der Waals surface area (Å²) in [5, 5.41) is 6.96. The van der Waals surface area contributed by atoms with Gasteiger partial charge in [0.25, 0.3) is 11.1 Å². The van der Waals surface area contributed by atoms with Crippen molar-refractivity contribution in [3.63, 3.8) is 0 Å². The molecule has 2 aliphatic rings. The van der Waals surface area contributed by atoms with Gasteiger partial charge in [-0.25, -0.2) is 9.97 Å². The quantitative estimate of drug-likeness (QED) is 0.251. The van der Waals surface area contributed by atoms with Gasteiger partial charge in [-0.05, 0) is 93.6 Å². The fourth-order valence-electron chi connectivity index (χ4n) is 7.08. The number of benzene rings is 2. The van der Waals surface area contributed by atoms with Gasteiger partial charge in [0, 0.05) is 86.5 Å². The van der Waals surface area contributed by atoms with E-state index in [0.29, 0.717) is 40.8 Å². The van der Waals surface area contributed by atoms with Gasteiger partial charge in [-0.15, -0.1) is 0 Å². The Balaban J connectivity index is 0.000000164. The first-order valence-corrected chi connectivity index (χ1v) is 18.0. The number of nitrogens with zero attached hydrogens (tertiary/aromatic N) is 6. The normalized spacial score (nSPS) is 18.8. The molecule has 6 aromatic rings. The van der Waals surface area contributed by atoms with E-state index in [-0.39, 0.29) is 11.1 Å². The third-order valence-electron chi connectivity index (χ3n) is 9.72. The molecule has 2 aliphatic heterocycles. The van der Waals surface area contributed by atoms with Crippen LogP contribution in [0.25, 0.3) is 33.8 Å². The molecular weight excluding hydrogens is 669 g/mol. The minimum absolute atomic E-state index is 0.0779. The number of fused-ring (bicyclic) bond motifs is 2. The van der Waals surface area contributed by atoms with E-state index < -0.39 is 0 Å². The monoisotopic (exact) mass is 714 g/mol. The van der Waals surface area contributed by atoms with Crippen LogP contribution in [0.4, 0.5) is 11.4 Å². The van der Waals surface area contributed by atoms with Gasteiger partial charge in [-0.2, -0.15) is 0 Å². The average Bonchev–Trinajstić information content (AvgIpc) is 3.17. The minimum atomic E-state index is -0.0797. The Morgan fingerprint density at radius 1 is 0.604 bits per heavy atom. The van der Waals surface area contributed by atoms with Crippen LogP contribution < -0.4 is 41.0 Å². The van der Waals surface area contributed by atoms with Gasteiger partial charge in [-0.3, -0.25) is 18.4 Å². The zero-order valence-corrected chi connectivity index (χ0v) is 30.8. The number of nitrogens with one attached hydrogen (secondary N) is 2. The highest BCUT2D eigenvalue weighted by Crippen LogP contribution is 2.24. The van der Waals surface area contributed by atoms with E-state index in [4.69, 9.17) is 9.47 Å². The summed E-state index contributed by atoms with van der Waals surface area (Å²) in [6.07, 6.45) is 3.79. The topological polar surface area (TPSA) is 118 Å². The number of rotatable bonds is 6. The number of piperazine rings is 2. The van der Waals surface area contributed by atoms with Gasteiger partial charge < -0.3 is 29.9 Å². The number of hydrogen-bond donors (Lipinski definition) is 2. The van der Waals surface area contributed by atoms with E-state index in [1.807, 2.05) is 85.2 Å². The first-order chi connectivity index (χ1) is 25.7. The molecule has 8 rings (SSSR count). The second-order valence-electron chi connectivity index (χ2n) is 13.8. The summed E-state index contributed by atoms with van der Waals surface area (Å²) in [5.74, 6) is 1.56. The SMILES string of the molecule is COc1ccc(-c2cc(=O)n3cc(N4CCN[C@H](C)C4)ccc3n2)cc1.COc1ccc(-c2cc(=O)n3cc(N4C[C@@H](C)N[C@@H](C)C4)ccc3n2)cc1. The predicted molar refractivity (Wildman–Crippen MR) is 211 cm³/mol. The summed E-state index contributed by atoms with van der Waals surface area (Å²) in [5.41, 5.74) is 6.35. The highest BCUT2D eigenvalue weighted by atomic mass is 16.5. The van der Waals surface area contributed by atoms with Crippen molar-refractivity contribution in [3.05, 3.63) is 118 Å². The molecule has 2 fully saturated rings. The summed E-state index contributed by atoms with van der Waals surface area (Å²) >= 11 is 0. The van der Waals surface area contributed by atoms with Gasteiger partial charge in [0.1, 0.15) is 22.8 Å². The van der Waals surface area contributed by atoms with Crippen molar-refractivity contribution in [1.82, 2.24) is 29.4 Å². The molecule has 0 spiro atoms. The van der Waals surface area contributed by atoms with Crippen LogP contribution in [-0.2, 0) is 0 Å². The fourth-order valence-corrected chi connectivity index (χ4v) is 7.08. The molecule has 3 atom stereocenters. The van der Waals surface area contributed by atoms with Crippen molar-refractivity contribution >= 4 is 22.7 Å². The van der Waals surface area contributed by atoms with Crippen LogP contribution in [0.1, 0.15) is 20.8 Å². The Kier molecular flexibility index (Phi) is 10.4. The molecular formula is C41H46N8O4. The lowest BCUT2D eigenvalue weighted by molar-refractivity contribution is 0.407. The third-order valence-corrected chi connectivity index (χ3v) is 9.72. The lowest BCUT2D eigenvalue weighted by Crippen LogP contribution is -2.54. The van der Waals surface area contributed by atoms with Crippen molar-refractivity contribution in [1.29, 1.82) is 0 Å². The zero-order chi connectivity index (χ0) is 37.1. The number of hydrogen-bond acceptors (Lipinski definition) is 10. The number of pyridine rings is 2. The molecule has 0 radical (unpaired) electrons. The third kappa shape index (κ3) is 8.03. The van der Waals surface area contributed by atoms with Crippen molar-refractivity contribution in [3.8, 4) is 34.0 Å². The van der Waals surface area contributed by atoms with Crippen LogP contribution in [0.3, 0.4) is 0 Å². The van der Waals surface area contributed by atoms with Gasteiger partial charge >= 0.3 is 0 Å². The highest BCUT2D eigenvalue weighted by molar-refractivity contribution is 5.65. The first kappa shape index (κ1) is 35.7.